The molecular weight excluding hydrogens is 393 g/mol. The van der Waals surface area contributed by atoms with Crippen LogP contribution in [-0.2, 0) is 16.5 Å². The van der Waals surface area contributed by atoms with E-state index in [0.717, 1.165) is 25.7 Å². The second-order valence-electron chi connectivity index (χ2n) is 8.92. The van der Waals surface area contributed by atoms with Crippen LogP contribution in [0.15, 0.2) is 30.5 Å². The maximum Gasteiger partial charge on any atom is 0.418 e. The average Bonchev–Trinajstić information content (AvgIpc) is 2.65. The van der Waals surface area contributed by atoms with Crippen molar-refractivity contribution in [2.75, 3.05) is 33.2 Å². The molecule has 0 radical (unpaired) electrons. The maximum absolute atomic E-state index is 13.6. The smallest absolute Gasteiger partial charge is 0.345 e. The number of benzene rings is 1. The number of piperidine rings is 1. The lowest BCUT2D eigenvalue weighted by Gasteiger charge is -2.43. The predicted molar refractivity (Wildman–Crippen MR) is 109 cm³/mol. The lowest BCUT2D eigenvalue weighted by atomic mass is 9.77. The normalized spacial score (nSPS) is 25.8. The summed E-state index contributed by atoms with van der Waals surface area (Å²) in [6, 6.07) is 5.93. The Labute approximate surface area is 174 Å². The van der Waals surface area contributed by atoms with E-state index in [2.05, 4.69) is 27.4 Å². The van der Waals surface area contributed by atoms with E-state index in [1.807, 2.05) is 7.05 Å². The van der Waals surface area contributed by atoms with Crippen LogP contribution in [0, 0.1) is 11.8 Å². The van der Waals surface area contributed by atoms with Crippen molar-refractivity contribution in [1.82, 2.24) is 20.5 Å². The van der Waals surface area contributed by atoms with Gasteiger partial charge in [0.2, 0.25) is 5.91 Å². The summed E-state index contributed by atoms with van der Waals surface area (Å²) in [4.78, 5) is 19.1. The molecule has 2 saturated heterocycles. The van der Waals surface area contributed by atoms with Gasteiger partial charge in [0.05, 0.1) is 16.6 Å². The molecule has 2 aliphatic heterocycles. The minimum absolute atomic E-state index is 0.0547. The number of pyridine rings is 1. The summed E-state index contributed by atoms with van der Waals surface area (Å²) in [6.45, 7) is 5.15. The summed E-state index contributed by atoms with van der Waals surface area (Å²) in [5.41, 5.74) is -0.903. The van der Waals surface area contributed by atoms with Gasteiger partial charge in [-0.15, -0.1) is 0 Å². The lowest BCUT2D eigenvalue weighted by Crippen LogP contribution is -2.58. The van der Waals surface area contributed by atoms with Crippen molar-refractivity contribution in [3.8, 4) is 0 Å². The maximum atomic E-state index is 13.6. The first-order valence-corrected chi connectivity index (χ1v) is 10.3. The summed E-state index contributed by atoms with van der Waals surface area (Å²) < 4.78 is 40.7. The first-order chi connectivity index (χ1) is 14.2. The SMILES string of the molecule is C[C@@H]1CNC[C@](NC(=O)CC2CN(C)C2)(c2ccc(C(F)(F)F)c3ncccc23)C1. The third-order valence-electron chi connectivity index (χ3n) is 6.20. The van der Waals surface area contributed by atoms with E-state index < -0.39 is 17.3 Å². The molecule has 0 saturated carbocycles. The number of rotatable bonds is 4. The van der Waals surface area contributed by atoms with Crippen molar-refractivity contribution >= 4 is 16.8 Å². The van der Waals surface area contributed by atoms with Crippen LogP contribution in [0.25, 0.3) is 10.9 Å². The van der Waals surface area contributed by atoms with Gasteiger partial charge in [0.15, 0.2) is 0 Å². The van der Waals surface area contributed by atoms with Crippen LogP contribution < -0.4 is 10.6 Å². The molecule has 2 aromatic rings. The van der Waals surface area contributed by atoms with Crippen molar-refractivity contribution < 1.29 is 18.0 Å². The average molecular weight is 420 g/mol. The van der Waals surface area contributed by atoms with Gasteiger partial charge in [0.25, 0.3) is 0 Å². The summed E-state index contributed by atoms with van der Waals surface area (Å²) in [5, 5.41) is 7.01. The largest absolute Gasteiger partial charge is 0.418 e. The van der Waals surface area contributed by atoms with Crippen molar-refractivity contribution in [2.24, 2.45) is 11.8 Å². The first-order valence-electron chi connectivity index (χ1n) is 10.3. The molecule has 30 heavy (non-hydrogen) atoms. The third kappa shape index (κ3) is 4.03. The molecule has 4 rings (SSSR count). The summed E-state index contributed by atoms with van der Waals surface area (Å²) in [7, 11) is 2.02. The Kier molecular flexibility index (Phi) is 5.48. The molecule has 2 atom stereocenters. The van der Waals surface area contributed by atoms with E-state index in [9.17, 15) is 18.0 Å². The predicted octanol–water partition coefficient (Wildman–Crippen LogP) is 3.15. The number of nitrogens with one attached hydrogen (secondary N) is 2. The zero-order valence-corrected chi connectivity index (χ0v) is 17.2. The van der Waals surface area contributed by atoms with Gasteiger partial charge < -0.3 is 15.5 Å². The van der Waals surface area contributed by atoms with Gasteiger partial charge in [-0.3, -0.25) is 9.78 Å². The first kappa shape index (κ1) is 21.1. The van der Waals surface area contributed by atoms with Gasteiger partial charge >= 0.3 is 6.18 Å². The highest BCUT2D eigenvalue weighted by molar-refractivity contribution is 5.88. The summed E-state index contributed by atoms with van der Waals surface area (Å²) in [6.07, 6.45) is -2.03. The Morgan fingerprint density at radius 2 is 2.10 bits per heavy atom. The molecule has 0 bridgehead atoms. The third-order valence-corrected chi connectivity index (χ3v) is 6.20. The number of alkyl halides is 3. The van der Waals surface area contributed by atoms with E-state index in [-0.39, 0.29) is 17.3 Å². The van der Waals surface area contributed by atoms with Crippen LogP contribution in [0.1, 0.15) is 30.9 Å². The molecular formula is C22H27F3N4O. The second kappa shape index (κ2) is 7.81. The van der Waals surface area contributed by atoms with Crippen LogP contribution in [-0.4, -0.2) is 49.0 Å². The zero-order chi connectivity index (χ0) is 21.5. The van der Waals surface area contributed by atoms with Gasteiger partial charge in [-0.1, -0.05) is 19.1 Å². The van der Waals surface area contributed by atoms with Crippen molar-refractivity contribution in [3.63, 3.8) is 0 Å². The highest BCUT2D eigenvalue weighted by atomic mass is 19.4. The Morgan fingerprint density at radius 1 is 1.33 bits per heavy atom. The Morgan fingerprint density at radius 3 is 2.77 bits per heavy atom. The Bertz CT molecular complexity index is 942. The fourth-order valence-electron chi connectivity index (χ4n) is 4.99. The summed E-state index contributed by atoms with van der Waals surface area (Å²) in [5.74, 6) is 0.538. The number of nitrogens with zero attached hydrogens (tertiary/aromatic N) is 2. The molecule has 5 nitrogen and oxygen atoms in total. The number of amides is 1. The van der Waals surface area contributed by atoms with E-state index in [0.29, 0.717) is 36.3 Å². The topological polar surface area (TPSA) is 57.3 Å². The van der Waals surface area contributed by atoms with E-state index in [1.54, 1.807) is 12.1 Å². The number of carbonyl (C=O) groups is 1. The molecule has 0 spiro atoms. The van der Waals surface area contributed by atoms with Gasteiger partial charge in [0.1, 0.15) is 0 Å². The minimum Gasteiger partial charge on any atom is -0.345 e. The minimum atomic E-state index is -4.49. The van der Waals surface area contributed by atoms with Crippen LogP contribution in [0.4, 0.5) is 13.2 Å². The molecule has 0 aliphatic carbocycles. The Balaban J connectivity index is 1.74. The molecule has 0 unspecified atom stereocenters. The number of aromatic nitrogens is 1. The molecule has 2 aliphatic rings. The molecule has 3 heterocycles. The van der Waals surface area contributed by atoms with Crippen molar-refractivity contribution in [1.29, 1.82) is 0 Å². The number of fused-ring (bicyclic) bond motifs is 1. The molecule has 1 amide bonds. The number of hydrogen-bond donors (Lipinski definition) is 2. The molecule has 2 N–H and O–H groups in total. The molecule has 8 heteroatoms. The number of hydrogen-bond acceptors (Lipinski definition) is 4. The standard InChI is InChI=1S/C22H27F3N4O/c1-14-9-21(13-26-10-14,28-19(30)8-15-11-29(2)12-15)17-5-6-18(22(23,24)25)20-16(17)4-3-7-27-20/h3-7,14-15,26H,8-13H2,1-2H3,(H,28,30)/t14-,21-/m0/s1. The number of halogens is 3. The summed E-state index contributed by atoms with van der Waals surface area (Å²) >= 11 is 0. The van der Waals surface area contributed by atoms with Crippen molar-refractivity contribution in [2.45, 2.75) is 31.5 Å². The van der Waals surface area contributed by atoms with Gasteiger partial charge in [-0.25, -0.2) is 0 Å². The fraction of sp³-hybridized carbons (Fsp3) is 0.545. The van der Waals surface area contributed by atoms with Gasteiger partial charge in [-0.2, -0.15) is 13.2 Å². The molecule has 2 fully saturated rings. The molecule has 1 aromatic carbocycles. The molecule has 1 aromatic heterocycles. The fourth-order valence-corrected chi connectivity index (χ4v) is 4.99. The highest BCUT2D eigenvalue weighted by Crippen LogP contribution is 2.40. The van der Waals surface area contributed by atoms with E-state index in [1.165, 1.54) is 12.3 Å². The highest BCUT2D eigenvalue weighted by Gasteiger charge is 2.42. The second-order valence-corrected chi connectivity index (χ2v) is 8.92. The van der Waals surface area contributed by atoms with Gasteiger partial charge in [-0.05, 0) is 49.5 Å². The zero-order valence-electron chi connectivity index (χ0n) is 17.2. The van der Waals surface area contributed by atoms with E-state index >= 15 is 0 Å². The number of carbonyl (C=O) groups excluding carboxylic acids is 1. The number of likely N-dealkylation sites (tertiary alicyclic amines) is 1. The van der Waals surface area contributed by atoms with Crippen molar-refractivity contribution in [3.05, 3.63) is 41.6 Å². The molecule has 162 valence electrons. The lowest BCUT2D eigenvalue weighted by molar-refractivity contribution is -0.136. The van der Waals surface area contributed by atoms with Crippen LogP contribution >= 0.6 is 0 Å². The van der Waals surface area contributed by atoms with E-state index in [4.69, 9.17) is 0 Å². The van der Waals surface area contributed by atoms with Crippen LogP contribution in [0.3, 0.4) is 0 Å². The van der Waals surface area contributed by atoms with Crippen LogP contribution in [0.2, 0.25) is 0 Å². The van der Waals surface area contributed by atoms with Crippen LogP contribution in [0.5, 0.6) is 0 Å². The monoisotopic (exact) mass is 420 g/mol. The quantitative estimate of drug-likeness (QED) is 0.798. The Hall–Kier alpha value is -2.19. The van der Waals surface area contributed by atoms with Gasteiger partial charge in [0, 0.05) is 37.6 Å².